The molecule has 0 aliphatic rings. The van der Waals surface area contributed by atoms with Gasteiger partial charge in [-0.2, -0.15) is 0 Å². The van der Waals surface area contributed by atoms with Crippen molar-refractivity contribution in [3.8, 4) is 0 Å². The molecule has 0 unspecified atom stereocenters. The Labute approximate surface area is 119 Å². The molecule has 0 N–H and O–H groups in total. The molecule has 0 spiro atoms. The first kappa shape index (κ1) is 15.5. The van der Waals surface area contributed by atoms with Gasteiger partial charge in [0.1, 0.15) is 0 Å². The minimum absolute atomic E-state index is 0.138. The Kier molecular flexibility index (Phi) is 5.62. The lowest BCUT2D eigenvalue weighted by molar-refractivity contribution is 0.0499. The Bertz CT molecular complexity index is 542. The van der Waals surface area contributed by atoms with E-state index in [9.17, 15) is 13.2 Å². The van der Waals surface area contributed by atoms with E-state index in [0.29, 0.717) is 11.1 Å². The monoisotopic (exact) mass is 354 g/mol. The number of ether oxygens (including phenoxy) is 1. The standard InChI is InChI=1S/C11H12BrClO4S/c1-2-3-4-17-11(14)8-5-9(12)7-10(6-8)18(13,15)16/h5-7H,2-4H2,1H3. The fourth-order valence-corrected chi connectivity index (χ4v) is 2.66. The first-order valence-electron chi connectivity index (χ1n) is 5.27. The molecule has 0 fully saturated rings. The van der Waals surface area contributed by atoms with Gasteiger partial charge in [0, 0.05) is 15.2 Å². The van der Waals surface area contributed by atoms with E-state index in [1.165, 1.54) is 18.2 Å². The molecule has 7 heteroatoms. The van der Waals surface area contributed by atoms with Crippen molar-refractivity contribution in [3.05, 3.63) is 28.2 Å². The molecule has 0 aliphatic carbocycles. The lowest BCUT2D eigenvalue weighted by Gasteiger charge is -2.06. The Morgan fingerprint density at radius 3 is 2.61 bits per heavy atom. The smallest absolute Gasteiger partial charge is 0.338 e. The second kappa shape index (κ2) is 6.54. The highest BCUT2D eigenvalue weighted by Crippen LogP contribution is 2.22. The van der Waals surface area contributed by atoms with Gasteiger partial charge in [-0.15, -0.1) is 0 Å². The van der Waals surface area contributed by atoms with Crippen molar-refractivity contribution in [1.82, 2.24) is 0 Å². The van der Waals surface area contributed by atoms with Crippen molar-refractivity contribution in [2.45, 2.75) is 24.7 Å². The molecule has 0 heterocycles. The number of unbranched alkanes of at least 4 members (excludes halogenated alkanes) is 1. The van der Waals surface area contributed by atoms with E-state index in [4.69, 9.17) is 15.4 Å². The molecule has 0 saturated carbocycles. The van der Waals surface area contributed by atoms with Gasteiger partial charge in [0.25, 0.3) is 9.05 Å². The predicted molar refractivity (Wildman–Crippen MR) is 72.4 cm³/mol. The largest absolute Gasteiger partial charge is 0.462 e. The van der Waals surface area contributed by atoms with E-state index in [2.05, 4.69) is 15.9 Å². The number of esters is 1. The average molecular weight is 356 g/mol. The molecule has 0 bridgehead atoms. The zero-order valence-electron chi connectivity index (χ0n) is 9.65. The third-order valence-corrected chi connectivity index (χ3v) is 3.91. The van der Waals surface area contributed by atoms with Crippen LogP contribution in [0.1, 0.15) is 30.1 Å². The first-order valence-corrected chi connectivity index (χ1v) is 8.37. The van der Waals surface area contributed by atoms with Crippen molar-refractivity contribution >= 4 is 41.6 Å². The second-order valence-electron chi connectivity index (χ2n) is 3.60. The number of halogens is 2. The summed E-state index contributed by atoms with van der Waals surface area (Å²) in [5.41, 5.74) is 0.153. The summed E-state index contributed by atoms with van der Waals surface area (Å²) in [5, 5.41) is 0. The normalized spacial score (nSPS) is 11.3. The summed E-state index contributed by atoms with van der Waals surface area (Å²) in [5.74, 6) is -0.564. The fraction of sp³-hybridized carbons (Fsp3) is 0.364. The van der Waals surface area contributed by atoms with Gasteiger partial charge in [0.15, 0.2) is 0 Å². The van der Waals surface area contributed by atoms with Crippen LogP contribution in [0.4, 0.5) is 0 Å². The Hall–Kier alpha value is -0.590. The van der Waals surface area contributed by atoms with E-state index >= 15 is 0 Å². The van der Waals surface area contributed by atoms with Crippen LogP contribution in [0.3, 0.4) is 0 Å². The maximum atomic E-state index is 11.7. The summed E-state index contributed by atoms with van der Waals surface area (Å²) in [6, 6.07) is 4.01. The van der Waals surface area contributed by atoms with Crippen LogP contribution in [0.2, 0.25) is 0 Å². The summed E-state index contributed by atoms with van der Waals surface area (Å²) in [6.07, 6.45) is 1.67. The summed E-state index contributed by atoms with van der Waals surface area (Å²) >= 11 is 3.12. The van der Waals surface area contributed by atoms with E-state index in [1.807, 2.05) is 6.92 Å². The van der Waals surface area contributed by atoms with Gasteiger partial charge in [0.2, 0.25) is 0 Å². The number of rotatable bonds is 5. The van der Waals surface area contributed by atoms with E-state index < -0.39 is 15.0 Å². The van der Waals surface area contributed by atoms with Gasteiger partial charge in [-0.25, -0.2) is 13.2 Å². The van der Waals surface area contributed by atoms with Gasteiger partial charge in [-0.3, -0.25) is 0 Å². The summed E-state index contributed by atoms with van der Waals surface area (Å²) in [6.45, 7) is 2.29. The maximum Gasteiger partial charge on any atom is 0.338 e. The van der Waals surface area contributed by atoms with Crippen LogP contribution < -0.4 is 0 Å². The van der Waals surface area contributed by atoms with E-state index in [1.54, 1.807) is 0 Å². The zero-order valence-corrected chi connectivity index (χ0v) is 12.8. The lowest BCUT2D eigenvalue weighted by Crippen LogP contribution is -2.07. The highest BCUT2D eigenvalue weighted by molar-refractivity contribution is 9.10. The summed E-state index contributed by atoms with van der Waals surface area (Å²) in [7, 11) is 1.36. The topological polar surface area (TPSA) is 60.4 Å². The minimum atomic E-state index is -3.87. The molecule has 100 valence electrons. The third-order valence-electron chi connectivity index (χ3n) is 2.12. The highest BCUT2D eigenvalue weighted by atomic mass is 79.9. The van der Waals surface area contributed by atoms with E-state index in [-0.39, 0.29) is 10.5 Å². The molecule has 0 atom stereocenters. The van der Waals surface area contributed by atoms with Gasteiger partial charge in [-0.05, 0) is 24.6 Å². The van der Waals surface area contributed by atoms with Crippen molar-refractivity contribution < 1.29 is 17.9 Å². The second-order valence-corrected chi connectivity index (χ2v) is 7.08. The molecule has 4 nitrogen and oxygen atoms in total. The summed E-state index contributed by atoms with van der Waals surface area (Å²) in [4.78, 5) is 11.5. The van der Waals surface area contributed by atoms with Crippen LogP contribution in [0.5, 0.6) is 0 Å². The van der Waals surface area contributed by atoms with Gasteiger partial charge < -0.3 is 4.74 Å². The van der Waals surface area contributed by atoms with Crippen molar-refractivity contribution in [1.29, 1.82) is 0 Å². The van der Waals surface area contributed by atoms with Crippen LogP contribution in [-0.2, 0) is 13.8 Å². The fourth-order valence-electron chi connectivity index (χ4n) is 1.21. The molecule has 0 aliphatic heterocycles. The quantitative estimate of drug-likeness (QED) is 0.462. The van der Waals surface area contributed by atoms with Crippen LogP contribution in [-0.4, -0.2) is 21.0 Å². The maximum absolute atomic E-state index is 11.7. The minimum Gasteiger partial charge on any atom is -0.462 e. The van der Waals surface area contributed by atoms with Gasteiger partial charge in [0.05, 0.1) is 17.1 Å². The molecule has 1 rings (SSSR count). The Morgan fingerprint density at radius 1 is 1.39 bits per heavy atom. The van der Waals surface area contributed by atoms with Crippen LogP contribution in [0.25, 0.3) is 0 Å². The van der Waals surface area contributed by atoms with Gasteiger partial charge in [-0.1, -0.05) is 29.3 Å². The third kappa shape index (κ3) is 4.59. The van der Waals surface area contributed by atoms with Crippen LogP contribution >= 0.6 is 26.6 Å². The summed E-state index contributed by atoms with van der Waals surface area (Å²) < 4.78 is 27.9. The van der Waals surface area contributed by atoms with Crippen molar-refractivity contribution in [2.24, 2.45) is 0 Å². The molecule has 1 aromatic rings. The molecule has 1 aromatic carbocycles. The Morgan fingerprint density at radius 2 is 2.06 bits per heavy atom. The van der Waals surface area contributed by atoms with Crippen molar-refractivity contribution in [2.75, 3.05) is 6.61 Å². The SMILES string of the molecule is CCCCOC(=O)c1cc(Br)cc(S(=O)(=O)Cl)c1. The van der Waals surface area contributed by atoms with Gasteiger partial charge >= 0.3 is 5.97 Å². The van der Waals surface area contributed by atoms with Crippen molar-refractivity contribution in [3.63, 3.8) is 0 Å². The lowest BCUT2D eigenvalue weighted by atomic mass is 10.2. The molecule has 0 amide bonds. The predicted octanol–water partition coefficient (Wildman–Crippen LogP) is 3.33. The molecule has 0 saturated heterocycles. The number of hydrogen-bond donors (Lipinski definition) is 0. The van der Waals surface area contributed by atoms with Crippen LogP contribution in [0, 0.1) is 0 Å². The Balaban J connectivity index is 2.96. The first-order chi connectivity index (χ1) is 8.34. The highest BCUT2D eigenvalue weighted by Gasteiger charge is 2.16. The zero-order chi connectivity index (χ0) is 13.8. The number of carbonyl (C=O) groups excluding carboxylic acids is 1. The molecule has 0 aromatic heterocycles. The molecular formula is C11H12BrClO4S. The molecule has 0 radical (unpaired) electrons. The molecule has 18 heavy (non-hydrogen) atoms. The average Bonchev–Trinajstić information content (AvgIpc) is 2.27. The van der Waals surface area contributed by atoms with E-state index in [0.717, 1.165) is 12.8 Å². The van der Waals surface area contributed by atoms with Crippen LogP contribution in [0.15, 0.2) is 27.6 Å². The number of hydrogen-bond acceptors (Lipinski definition) is 4. The number of benzene rings is 1. The number of carbonyl (C=O) groups is 1. The molecular weight excluding hydrogens is 344 g/mol.